The Bertz CT molecular complexity index is 756. The van der Waals surface area contributed by atoms with Crippen molar-refractivity contribution in [2.24, 2.45) is 0 Å². The molecule has 0 unspecified atom stereocenters. The van der Waals surface area contributed by atoms with Gasteiger partial charge in [0.25, 0.3) is 0 Å². The highest BCUT2D eigenvalue weighted by Gasteiger charge is 2.30. The Balaban J connectivity index is 2.37. The first-order valence-corrected chi connectivity index (χ1v) is 6.12. The zero-order valence-electron chi connectivity index (χ0n) is 11.1. The minimum Gasteiger partial charge on any atom is -0.504 e. The van der Waals surface area contributed by atoms with Gasteiger partial charge in [-0.05, 0) is 41.5 Å². The SMILES string of the molecule is N#CC(=Cc1ccc(O)c(O)c1)c1ccc(C(F)(F)F)cc1. The van der Waals surface area contributed by atoms with Crippen molar-refractivity contribution >= 4 is 11.6 Å². The Hall–Kier alpha value is -2.94. The van der Waals surface area contributed by atoms with Gasteiger partial charge < -0.3 is 10.2 Å². The molecule has 6 heteroatoms. The van der Waals surface area contributed by atoms with E-state index in [1.807, 2.05) is 6.07 Å². The van der Waals surface area contributed by atoms with E-state index >= 15 is 0 Å². The molecule has 0 fully saturated rings. The Morgan fingerprint density at radius 3 is 2.14 bits per heavy atom. The Labute approximate surface area is 124 Å². The van der Waals surface area contributed by atoms with Gasteiger partial charge in [-0.15, -0.1) is 0 Å². The normalized spacial score (nSPS) is 12.0. The molecule has 3 nitrogen and oxygen atoms in total. The molecule has 2 N–H and O–H groups in total. The van der Waals surface area contributed by atoms with E-state index in [-0.39, 0.29) is 17.1 Å². The maximum absolute atomic E-state index is 12.5. The van der Waals surface area contributed by atoms with Crippen molar-refractivity contribution in [3.63, 3.8) is 0 Å². The molecule has 22 heavy (non-hydrogen) atoms. The molecule has 2 aromatic carbocycles. The number of benzene rings is 2. The van der Waals surface area contributed by atoms with E-state index < -0.39 is 11.7 Å². The molecule has 2 aromatic rings. The zero-order chi connectivity index (χ0) is 16.3. The first kappa shape index (κ1) is 15.4. The third-order valence-corrected chi connectivity index (χ3v) is 2.95. The third-order valence-electron chi connectivity index (χ3n) is 2.95. The summed E-state index contributed by atoms with van der Waals surface area (Å²) < 4.78 is 37.5. The number of rotatable bonds is 2. The van der Waals surface area contributed by atoms with Crippen LogP contribution in [0.1, 0.15) is 16.7 Å². The van der Waals surface area contributed by atoms with E-state index in [9.17, 15) is 23.4 Å². The minimum absolute atomic E-state index is 0.138. The van der Waals surface area contributed by atoms with Gasteiger partial charge in [0.05, 0.1) is 17.2 Å². The highest BCUT2D eigenvalue weighted by Crippen LogP contribution is 2.31. The number of alkyl halides is 3. The fourth-order valence-electron chi connectivity index (χ4n) is 1.82. The smallest absolute Gasteiger partial charge is 0.416 e. The van der Waals surface area contributed by atoms with Crippen LogP contribution < -0.4 is 0 Å². The summed E-state index contributed by atoms with van der Waals surface area (Å²) in [5, 5.41) is 27.8. The van der Waals surface area contributed by atoms with Crippen LogP contribution >= 0.6 is 0 Å². The van der Waals surface area contributed by atoms with Crippen LogP contribution in [-0.2, 0) is 6.18 Å². The van der Waals surface area contributed by atoms with E-state index in [1.54, 1.807) is 0 Å². The summed E-state index contributed by atoms with van der Waals surface area (Å²) in [6.45, 7) is 0. The lowest BCUT2D eigenvalue weighted by Crippen LogP contribution is -2.04. The largest absolute Gasteiger partial charge is 0.504 e. The highest BCUT2D eigenvalue weighted by molar-refractivity contribution is 5.89. The van der Waals surface area contributed by atoms with Gasteiger partial charge in [-0.1, -0.05) is 18.2 Å². The molecular weight excluding hydrogens is 295 g/mol. The van der Waals surface area contributed by atoms with Crippen molar-refractivity contribution < 1.29 is 23.4 Å². The highest BCUT2D eigenvalue weighted by atomic mass is 19.4. The standard InChI is InChI=1S/C16H10F3NO2/c17-16(18,19)13-4-2-11(3-5-13)12(9-20)7-10-1-6-14(21)15(22)8-10/h1-8,21-22H. The molecule has 0 amide bonds. The average Bonchev–Trinajstić information content (AvgIpc) is 2.47. The van der Waals surface area contributed by atoms with Crippen molar-refractivity contribution in [1.29, 1.82) is 5.26 Å². The van der Waals surface area contributed by atoms with Gasteiger partial charge in [0.15, 0.2) is 11.5 Å². The number of nitriles is 1. The lowest BCUT2D eigenvalue weighted by atomic mass is 10.0. The van der Waals surface area contributed by atoms with Crippen LogP contribution in [0, 0.1) is 11.3 Å². The molecule has 0 saturated heterocycles. The van der Waals surface area contributed by atoms with Crippen LogP contribution in [0.15, 0.2) is 42.5 Å². The van der Waals surface area contributed by atoms with Crippen LogP contribution in [-0.4, -0.2) is 10.2 Å². The van der Waals surface area contributed by atoms with Crippen molar-refractivity contribution in [3.8, 4) is 17.6 Å². The molecule has 0 aliphatic rings. The molecule has 0 saturated carbocycles. The molecule has 112 valence electrons. The number of hydrogen-bond donors (Lipinski definition) is 2. The van der Waals surface area contributed by atoms with Gasteiger partial charge in [0.1, 0.15) is 0 Å². The summed E-state index contributed by atoms with van der Waals surface area (Å²) in [5.74, 6) is -0.649. The number of hydrogen-bond acceptors (Lipinski definition) is 3. The average molecular weight is 305 g/mol. The number of halogens is 3. The maximum Gasteiger partial charge on any atom is 0.416 e. The molecule has 0 bridgehead atoms. The molecule has 0 atom stereocenters. The number of aromatic hydroxyl groups is 2. The van der Waals surface area contributed by atoms with Crippen LogP contribution in [0.5, 0.6) is 11.5 Å². The van der Waals surface area contributed by atoms with Crippen molar-refractivity contribution in [2.45, 2.75) is 6.18 Å². The Kier molecular flexibility index (Phi) is 4.08. The van der Waals surface area contributed by atoms with Crippen molar-refractivity contribution in [2.75, 3.05) is 0 Å². The van der Waals surface area contributed by atoms with E-state index in [0.29, 0.717) is 11.1 Å². The first-order valence-electron chi connectivity index (χ1n) is 6.12. The van der Waals surface area contributed by atoms with Crippen LogP contribution in [0.2, 0.25) is 0 Å². The second-order valence-corrected chi connectivity index (χ2v) is 4.49. The second kappa shape index (κ2) is 5.82. The Morgan fingerprint density at radius 1 is 1.00 bits per heavy atom. The van der Waals surface area contributed by atoms with Crippen LogP contribution in [0.3, 0.4) is 0 Å². The summed E-state index contributed by atoms with van der Waals surface area (Å²) in [7, 11) is 0. The lowest BCUT2D eigenvalue weighted by molar-refractivity contribution is -0.137. The van der Waals surface area contributed by atoms with Gasteiger partial charge in [0.2, 0.25) is 0 Å². The number of phenols is 2. The molecule has 0 aromatic heterocycles. The summed E-state index contributed by atoms with van der Waals surface area (Å²) in [6, 6.07) is 10.1. The minimum atomic E-state index is -4.43. The number of phenolic OH excluding ortho intramolecular Hbond substituents is 2. The fourth-order valence-corrected chi connectivity index (χ4v) is 1.82. The second-order valence-electron chi connectivity index (χ2n) is 4.49. The van der Waals surface area contributed by atoms with E-state index in [4.69, 9.17) is 5.26 Å². The zero-order valence-corrected chi connectivity index (χ0v) is 11.1. The molecule has 0 aliphatic heterocycles. The van der Waals surface area contributed by atoms with Gasteiger partial charge >= 0.3 is 6.18 Å². The van der Waals surface area contributed by atoms with Crippen LogP contribution in [0.4, 0.5) is 13.2 Å². The van der Waals surface area contributed by atoms with Gasteiger partial charge in [-0.2, -0.15) is 18.4 Å². The Morgan fingerprint density at radius 2 is 1.64 bits per heavy atom. The summed E-state index contributed by atoms with van der Waals surface area (Å²) in [6.07, 6.45) is -3.03. The quantitative estimate of drug-likeness (QED) is 0.497. The number of nitrogens with zero attached hydrogens (tertiary/aromatic N) is 1. The van der Waals surface area contributed by atoms with E-state index in [2.05, 4.69) is 0 Å². The van der Waals surface area contributed by atoms with Crippen molar-refractivity contribution in [1.82, 2.24) is 0 Å². The van der Waals surface area contributed by atoms with E-state index in [0.717, 1.165) is 12.1 Å². The monoisotopic (exact) mass is 305 g/mol. The fraction of sp³-hybridized carbons (Fsp3) is 0.0625. The molecular formula is C16H10F3NO2. The predicted molar refractivity (Wildman–Crippen MR) is 74.7 cm³/mol. The summed E-state index contributed by atoms with van der Waals surface area (Å²) in [5.41, 5.74) is 0.101. The lowest BCUT2D eigenvalue weighted by Gasteiger charge is -2.07. The van der Waals surface area contributed by atoms with Crippen molar-refractivity contribution in [3.05, 3.63) is 59.2 Å². The molecule has 2 rings (SSSR count). The predicted octanol–water partition coefficient (Wildman–Crippen LogP) is 4.18. The molecule has 0 spiro atoms. The topological polar surface area (TPSA) is 64.2 Å². The molecule has 0 radical (unpaired) electrons. The third kappa shape index (κ3) is 3.38. The van der Waals surface area contributed by atoms with E-state index in [1.165, 1.54) is 36.4 Å². The number of allylic oxidation sites excluding steroid dienone is 1. The summed E-state index contributed by atoms with van der Waals surface area (Å²) >= 11 is 0. The maximum atomic E-state index is 12.5. The van der Waals surface area contributed by atoms with Gasteiger partial charge in [-0.25, -0.2) is 0 Å². The molecule has 0 aliphatic carbocycles. The van der Waals surface area contributed by atoms with Gasteiger partial charge in [0, 0.05) is 0 Å². The molecule has 0 heterocycles. The van der Waals surface area contributed by atoms with Gasteiger partial charge in [-0.3, -0.25) is 0 Å². The summed E-state index contributed by atoms with van der Waals surface area (Å²) in [4.78, 5) is 0. The van der Waals surface area contributed by atoms with Crippen LogP contribution in [0.25, 0.3) is 11.6 Å². The first-order chi connectivity index (χ1) is 10.3.